The Kier molecular flexibility index (Phi) is 4.73. The van der Waals surface area contributed by atoms with Crippen molar-refractivity contribution in [2.75, 3.05) is 14.2 Å². The first kappa shape index (κ1) is 17.1. The molecule has 6 nitrogen and oxygen atoms in total. The molecule has 0 radical (unpaired) electrons. The molecule has 0 N–H and O–H groups in total. The highest BCUT2D eigenvalue weighted by Crippen LogP contribution is 2.39. The third-order valence-corrected chi connectivity index (χ3v) is 4.11. The predicted molar refractivity (Wildman–Crippen MR) is 86.3 cm³/mol. The molecule has 2 heterocycles. The van der Waals surface area contributed by atoms with Crippen LogP contribution in [0.4, 0.5) is 0 Å². The van der Waals surface area contributed by atoms with Crippen LogP contribution in [-0.2, 0) is 23.7 Å². The normalized spacial score (nSPS) is 31.3. The molecule has 0 saturated carbocycles. The number of hydrogen-bond acceptors (Lipinski definition) is 6. The second kappa shape index (κ2) is 6.64. The van der Waals surface area contributed by atoms with E-state index < -0.39 is 12.1 Å². The lowest BCUT2D eigenvalue weighted by molar-refractivity contribution is -0.221. The van der Waals surface area contributed by atoms with Crippen molar-refractivity contribution < 1.29 is 28.5 Å². The molecule has 2 saturated heterocycles. The third-order valence-electron chi connectivity index (χ3n) is 4.11. The SMILES string of the molecule is COC(=O)c1ccccc1/C=C/[C@H]1O[C@@H](OC)[C@@H]2OC(C)(C)O[C@@H]21. The summed E-state index contributed by atoms with van der Waals surface area (Å²) in [6.45, 7) is 3.73. The van der Waals surface area contributed by atoms with Crippen LogP contribution in [0.3, 0.4) is 0 Å². The molecule has 0 amide bonds. The van der Waals surface area contributed by atoms with Gasteiger partial charge in [0.05, 0.1) is 12.7 Å². The maximum Gasteiger partial charge on any atom is 0.338 e. The summed E-state index contributed by atoms with van der Waals surface area (Å²) in [6.07, 6.45) is 2.35. The van der Waals surface area contributed by atoms with Gasteiger partial charge in [-0.05, 0) is 25.5 Å². The summed E-state index contributed by atoms with van der Waals surface area (Å²) >= 11 is 0. The van der Waals surface area contributed by atoms with E-state index in [1.165, 1.54) is 7.11 Å². The summed E-state index contributed by atoms with van der Waals surface area (Å²) in [4.78, 5) is 11.8. The van der Waals surface area contributed by atoms with Crippen molar-refractivity contribution in [3.05, 3.63) is 41.5 Å². The molecule has 0 aliphatic carbocycles. The first-order valence-electron chi connectivity index (χ1n) is 7.84. The van der Waals surface area contributed by atoms with Crippen LogP contribution < -0.4 is 0 Å². The number of carbonyl (C=O) groups is 1. The van der Waals surface area contributed by atoms with E-state index in [9.17, 15) is 4.79 Å². The quantitative estimate of drug-likeness (QED) is 0.788. The van der Waals surface area contributed by atoms with Crippen molar-refractivity contribution in [3.63, 3.8) is 0 Å². The minimum absolute atomic E-state index is 0.258. The summed E-state index contributed by atoms with van der Waals surface area (Å²) < 4.78 is 27.8. The topological polar surface area (TPSA) is 63.2 Å². The molecule has 1 aromatic carbocycles. The summed E-state index contributed by atoms with van der Waals surface area (Å²) in [5.41, 5.74) is 1.25. The van der Waals surface area contributed by atoms with Crippen LogP contribution in [0.15, 0.2) is 30.3 Å². The highest BCUT2D eigenvalue weighted by Gasteiger charge is 2.54. The molecule has 4 atom stereocenters. The lowest BCUT2D eigenvalue weighted by Gasteiger charge is -2.22. The fourth-order valence-corrected chi connectivity index (χ4v) is 3.07. The summed E-state index contributed by atoms with van der Waals surface area (Å²) in [5, 5.41) is 0. The molecule has 0 bridgehead atoms. The molecular formula is C18H22O6. The third kappa shape index (κ3) is 3.23. The van der Waals surface area contributed by atoms with Gasteiger partial charge in [0.15, 0.2) is 12.1 Å². The Hall–Kier alpha value is -1.73. The summed E-state index contributed by atoms with van der Waals surface area (Å²) in [7, 11) is 2.94. The standard InChI is InChI=1S/C18H22O6/c1-18(2)23-14-13(22-17(21-4)15(14)24-18)10-9-11-7-5-6-8-12(11)16(19)20-3/h5-10,13-15,17H,1-4H3/b10-9+/t13-,14-,15-,17-/m1/s1. The number of hydrogen-bond donors (Lipinski definition) is 0. The molecule has 0 spiro atoms. The van der Waals surface area contributed by atoms with E-state index >= 15 is 0 Å². The predicted octanol–water partition coefficient (Wildman–Crippen LogP) is 2.38. The van der Waals surface area contributed by atoms with Crippen molar-refractivity contribution in [1.82, 2.24) is 0 Å². The van der Waals surface area contributed by atoms with Gasteiger partial charge in [0.25, 0.3) is 0 Å². The molecule has 130 valence electrons. The van der Waals surface area contributed by atoms with Crippen molar-refractivity contribution in [2.24, 2.45) is 0 Å². The zero-order valence-electron chi connectivity index (χ0n) is 14.2. The van der Waals surface area contributed by atoms with Gasteiger partial charge < -0.3 is 23.7 Å². The summed E-state index contributed by atoms with van der Waals surface area (Å²) in [5.74, 6) is -1.05. The Morgan fingerprint density at radius 2 is 1.88 bits per heavy atom. The first-order valence-corrected chi connectivity index (χ1v) is 7.84. The summed E-state index contributed by atoms with van der Waals surface area (Å²) in [6, 6.07) is 7.22. The lowest BCUT2D eigenvalue weighted by atomic mass is 10.0. The van der Waals surface area contributed by atoms with Crippen molar-refractivity contribution in [3.8, 4) is 0 Å². The fourth-order valence-electron chi connectivity index (χ4n) is 3.07. The lowest BCUT2D eigenvalue weighted by Crippen LogP contribution is -2.30. The number of fused-ring (bicyclic) bond motifs is 1. The zero-order chi connectivity index (χ0) is 17.3. The Bertz CT molecular complexity index is 638. The molecule has 6 heteroatoms. The maximum atomic E-state index is 11.8. The van der Waals surface area contributed by atoms with Crippen LogP contribution in [0.2, 0.25) is 0 Å². The van der Waals surface area contributed by atoms with Gasteiger partial charge in [-0.2, -0.15) is 0 Å². The van der Waals surface area contributed by atoms with Gasteiger partial charge in [0.1, 0.15) is 18.3 Å². The van der Waals surface area contributed by atoms with Crippen molar-refractivity contribution >= 4 is 12.0 Å². The van der Waals surface area contributed by atoms with Crippen molar-refractivity contribution in [1.29, 1.82) is 0 Å². The minimum Gasteiger partial charge on any atom is -0.465 e. The molecule has 24 heavy (non-hydrogen) atoms. The van der Waals surface area contributed by atoms with E-state index in [1.54, 1.807) is 19.2 Å². The fraction of sp³-hybridized carbons (Fsp3) is 0.500. The molecule has 3 rings (SSSR count). The van der Waals surface area contributed by atoms with Gasteiger partial charge >= 0.3 is 5.97 Å². The number of methoxy groups -OCH3 is 2. The Labute approximate surface area is 141 Å². The van der Waals surface area contributed by atoms with Crippen LogP contribution in [0, 0.1) is 0 Å². The van der Waals surface area contributed by atoms with Gasteiger partial charge in [-0.25, -0.2) is 4.79 Å². The Morgan fingerprint density at radius 3 is 2.58 bits per heavy atom. The van der Waals surface area contributed by atoms with Crippen LogP contribution in [-0.4, -0.2) is 50.6 Å². The van der Waals surface area contributed by atoms with Gasteiger partial charge in [-0.3, -0.25) is 0 Å². The molecule has 1 aromatic rings. The molecule has 2 aliphatic heterocycles. The number of benzene rings is 1. The number of carbonyl (C=O) groups excluding carboxylic acids is 1. The van der Waals surface area contributed by atoms with Crippen molar-refractivity contribution in [2.45, 2.75) is 44.2 Å². The highest BCUT2D eigenvalue weighted by molar-refractivity contribution is 5.93. The largest absolute Gasteiger partial charge is 0.465 e. The van der Waals surface area contributed by atoms with E-state index in [2.05, 4.69) is 0 Å². The van der Waals surface area contributed by atoms with E-state index in [-0.39, 0.29) is 24.3 Å². The van der Waals surface area contributed by atoms with Gasteiger partial charge in [-0.15, -0.1) is 0 Å². The first-order chi connectivity index (χ1) is 11.4. The highest BCUT2D eigenvalue weighted by atomic mass is 16.8. The molecule has 0 aromatic heterocycles. The second-order valence-electron chi connectivity index (χ2n) is 6.21. The van der Waals surface area contributed by atoms with Crippen LogP contribution in [0.1, 0.15) is 29.8 Å². The van der Waals surface area contributed by atoms with E-state index in [0.29, 0.717) is 5.56 Å². The average molecular weight is 334 g/mol. The van der Waals surface area contributed by atoms with Gasteiger partial charge in [0.2, 0.25) is 0 Å². The zero-order valence-corrected chi connectivity index (χ0v) is 14.2. The van der Waals surface area contributed by atoms with E-state index in [4.69, 9.17) is 23.7 Å². The van der Waals surface area contributed by atoms with Crippen LogP contribution >= 0.6 is 0 Å². The minimum atomic E-state index is -0.675. The number of rotatable bonds is 4. The van der Waals surface area contributed by atoms with Gasteiger partial charge in [-0.1, -0.05) is 30.4 Å². The molecule has 0 unspecified atom stereocenters. The molecular weight excluding hydrogens is 312 g/mol. The van der Waals surface area contributed by atoms with Gasteiger partial charge in [0, 0.05) is 7.11 Å². The van der Waals surface area contributed by atoms with Crippen LogP contribution in [0.25, 0.3) is 6.08 Å². The number of esters is 1. The van der Waals surface area contributed by atoms with E-state index in [0.717, 1.165) is 5.56 Å². The second-order valence-corrected chi connectivity index (χ2v) is 6.21. The Balaban J connectivity index is 1.81. The maximum absolute atomic E-state index is 11.8. The molecule has 2 aliphatic rings. The Morgan fingerprint density at radius 1 is 1.17 bits per heavy atom. The average Bonchev–Trinajstić information content (AvgIpc) is 3.05. The number of ether oxygens (including phenoxy) is 5. The molecule has 2 fully saturated rings. The smallest absolute Gasteiger partial charge is 0.338 e. The van der Waals surface area contributed by atoms with E-state index in [1.807, 2.05) is 38.1 Å². The van der Waals surface area contributed by atoms with Crippen LogP contribution in [0.5, 0.6) is 0 Å². The monoisotopic (exact) mass is 334 g/mol.